The summed E-state index contributed by atoms with van der Waals surface area (Å²) in [5.41, 5.74) is 12.5. The molecule has 0 radical (unpaired) electrons. The van der Waals surface area contributed by atoms with Gasteiger partial charge in [-0.05, 0) is 18.6 Å². The molecule has 2 heterocycles. The summed E-state index contributed by atoms with van der Waals surface area (Å²) in [6.45, 7) is -0.230. The Labute approximate surface area is 162 Å². The smallest absolute Gasteiger partial charge is 0.422 e. The van der Waals surface area contributed by atoms with Crippen LogP contribution in [-0.2, 0) is 9.53 Å². The zero-order valence-corrected chi connectivity index (χ0v) is 15.3. The van der Waals surface area contributed by atoms with Gasteiger partial charge in [0.05, 0.1) is 0 Å². The fourth-order valence-corrected chi connectivity index (χ4v) is 3.39. The maximum Gasteiger partial charge on any atom is 0.422 e. The van der Waals surface area contributed by atoms with E-state index in [1.807, 2.05) is 0 Å². The number of benzene rings is 1. The zero-order valence-electron chi connectivity index (χ0n) is 14.5. The standard InChI is InChI=1S/C17H15ClF3N5O2/c1-7-10(15(27)28-6-17(19,20)21)11(8-4-2-3-5-9(8)18)12-13(22)25-16(23)26-14(12)24-7/h2-5,10-11H,6H2,1H3,(H4,22,23,25,26). The number of fused-ring (bicyclic) bond motifs is 1. The van der Waals surface area contributed by atoms with Gasteiger partial charge in [-0.15, -0.1) is 0 Å². The number of carbonyl (C=O) groups is 1. The maximum atomic E-state index is 12.6. The fourth-order valence-electron chi connectivity index (χ4n) is 3.13. The molecule has 1 aromatic carbocycles. The Kier molecular flexibility index (Phi) is 5.16. The van der Waals surface area contributed by atoms with Gasteiger partial charge in [0.2, 0.25) is 5.95 Å². The van der Waals surface area contributed by atoms with E-state index in [0.717, 1.165) is 0 Å². The van der Waals surface area contributed by atoms with Crippen molar-refractivity contribution in [3.63, 3.8) is 0 Å². The molecular weight excluding hydrogens is 399 g/mol. The van der Waals surface area contributed by atoms with Gasteiger partial charge in [0.15, 0.2) is 12.4 Å². The van der Waals surface area contributed by atoms with E-state index in [1.54, 1.807) is 24.3 Å². The number of anilines is 2. The quantitative estimate of drug-likeness (QED) is 0.746. The Morgan fingerprint density at radius 3 is 2.57 bits per heavy atom. The topological polar surface area (TPSA) is 116 Å². The Morgan fingerprint density at radius 2 is 1.93 bits per heavy atom. The van der Waals surface area contributed by atoms with Crippen molar-refractivity contribution in [2.45, 2.75) is 19.0 Å². The Balaban J connectivity index is 2.15. The second kappa shape index (κ2) is 7.27. The van der Waals surface area contributed by atoms with Crippen molar-refractivity contribution in [3.05, 3.63) is 40.4 Å². The lowest BCUT2D eigenvalue weighted by molar-refractivity contribution is -0.188. The van der Waals surface area contributed by atoms with Crippen molar-refractivity contribution < 1.29 is 22.7 Å². The number of aliphatic imine (C=N–C) groups is 1. The summed E-state index contributed by atoms with van der Waals surface area (Å²) in [5, 5.41) is 0.290. The number of rotatable bonds is 3. The van der Waals surface area contributed by atoms with E-state index in [2.05, 4.69) is 19.7 Å². The van der Waals surface area contributed by atoms with E-state index in [9.17, 15) is 18.0 Å². The van der Waals surface area contributed by atoms with Crippen molar-refractivity contribution >= 4 is 40.9 Å². The van der Waals surface area contributed by atoms with E-state index < -0.39 is 30.6 Å². The highest BCUT2D eigenvalue weighted by Crippen LogP contribution is 2.46. The molecule has 11 heteroatoms. The number of nitrogens with two attached hydrogens (primary N) is 2. The van der Waals surface area contributed by atoms with E-state index >= 15 is 0 Å². The molecule has 1 aromatic heterocycles. The van der Waals surface area contributed by atoms with Crippen LogP contribution in [0.1, 0.15) is 24.0 Å². The molecule has 3 rings (SSSR count). The zero-order chi connectivity index (χ0) is 20.6. The first-order valence-corrected chi connectivity index (χ1v) is 8.42. The minimum absolute atomic E-state index is 0.0442. The number of esters is 1. The molecule has 4 N–H and O–H groups in total. The normalized spacial score (nSPS) is 19.0. The third-order valence-electron chi connectivity index (χ3n) is 4.22. The van der Waals surface area contributed by atoms with Crippen LogP contribution < -0.4 is 11.5 Å². The summed E-state index contributed by atoms with van der Waals surface area (Å²) < 4.78 is 42.1. The number of halogens is 4. The van der Waals surface area contributed by atoms with Crippen LogP contribution in [0.15, 0.2) is 29.3 Å². The lowest BCUT2D eigenvalue weighted by Crippen LogP contribution is -2.36. The third kappa shape index (κ3) is 3.86. The molecule has 7 nitrogen and oxygen atoms in total. The van der Waals surface area contributed by atoms with Gasteiger partial charge >= 0.3 is 12.1 Å². The van der Waals surface area contributed by atoms with Crippen LogP contribution in [0.3, 0.4) is 0 Å². The lowest BCUT2D eigenvalue weighted by Gasteiger charge is -2.31. The van der Waals surface area contributed by atoms with Crippen molar-refractivity contribution in [3.8, 4) is 0 Å². The summed E-state index contributed by atoms with van der Waals surface area (Å²) in [6.07, 6.45) is -4.66. The molecule has 28 heavy (non-hydrogen) atoms. The highest BCUT2D eigenvalue weighted by molar-refractivity contribution is 6.31. The first-order valence-electron chi connectivity index (χ1n) is 8.04. The van der Waals surface area contributed by atoms with Crippen molar-refractivity contribution in [2.24, 2.45) is 10.9 Å². The molecule has 1 aliphatic rings. The number of carbonyl (C=O) groups excluding carboxylic acids is 1. The molecule has 0 saturated heterocycles. The van der Waals surface area contributed by atoms with E-state index in [1.165, 1.54) is 6.92 Å². The predicted molar refractivity (Wildman–Crippen MR) is 97.4 cm³/mol. The van der Waals surface area contributed by atoms with Crippen molar-refractivity contribution in [1.29, 1.82) is 0 Å². The van der Waals surface area contributed by atoms with Gasteiger partial charge in [-0.25, -0.2) is 4.99 Å². The monoisotopic (exact) mass is 413 g/mol. The van der Waals surface area contributed by atoms with Gasteiger partial charge in [0, 0.05) is 22.2 Å². The minimum Gasteiger partial charge on any atom is -0.456 e. The first-order chi connectivity index (χ1) is 13.1. The molecule has 0 saturated carbocycles. The molecule has 0 amide bonds. The van der Waals surface area contributed by atoms with Crippen LogP contribution >= 0.6 is 11.6 Å². The van der Waals surface area contributed by atoms with E-state index in [4.69, 9.17) is 23.1 Å². The summed E-state index contributed by atoms with van der Waals surface area (Å²) in [7, 11) is 0. The SMILES string of the molecule is CC1=Nc2nc(N)nc(N)c2C(c2ccccc2Cl)C1C(=O)OCC(F)(F)F. The molecule has 148 valence electrons. The molecule has 2 aromatic rings. The fraction of sp³-hybridized carbons (Fsp3) is 0.294. The van der Waals surface area contributed by atoms with Crippen LogP contribution in [0.2, 0.25) is 5.02 Å². The van der Waals surface area contributed by atoms with Gasteiger partial charge in [0.1, 0.15) is 11.7 Å². The van der Waals surface area contributed by atoms with Crippen LogP contribution in [0.5, 0.6) is 0 Å². The summed E-state index contributed by atoms with van der Waals surface area (Å²) in [5.74, 6) is -3.22. The van der Waals surface area contributed by atoms with E-state index in [0.29, 0.717) is 5.56 Å². The Hall–Kier alpha value is -2.88. The predicted octanol–water partition coefficient (Wildman–Crippen LogP) is 3.25. The van der Waals surface area contributed by atoms with Crippen LogP contribution in [0, 0.1) is 5.92 Å². The number of nitrogens with zero attached hydrogens (tertiary/aromatic N) is 3. The van der Waals surface area contributed by atoms with Crippen molar-refractivity contribution in [2.75, 3.05) is 18.1 Å². The van der Waals surface area contributed by atoms with Gasteiger partial charge in [-0.3, -0.25) is 4.79 Å². The second-order valence-corrected chi connectivity index (χ2v) is 6.56. The average molecular weight is 414 g/mol. The second-order valence-electron chi connectivity index (χ2n) is 6.16. The highest BCUT2D eigenvalue weighted by atomic mass is 35.5. The summed E-state index contributed by atoms with van der Waals surface area (Å²) >= 11 is 6.30. The summed E-state index contributed by atoms with van der Waals surface area (Å²) in [6, 6.07) is 6.57. The van der Waals surface area contributed by atoms with E-state index in [-0.39, 0.29) is 33.9 Å². The van der Waals surface area contributed by atoms with Gasteiger partial charge in [-0.2, -0.15) is 23.1 Å². The molecule has 0 fully saturated rings. The molecular formula is C17H15ClF3N5O2. The number of hydrogen-bond donors (Lipinski definition) is 2. The molecule has 0 spiro atoms. The van der Waals surface area contributed by atoms with Crippen LogP contribution in [-0.4, -0.2) is 34.4 Å². The van der Waals surface area contributed by atoms with Crippen LogP contribution in [0.25, 0.3) is 0 Å². The molecule has 2 atom stereocenters. The number of nitrogen functional groups attached to an aromatic ring is 2. The molecule has 0 aliphatic carbocycles. The average Bonchev–Trinajstić information content (AvgIpc) is 2.58. The summed E-state index contributed by atoms with van der Waals surface area (Å²) in [4.78, 5) is 24.7. The Bertz CT molecular complexity index is 964. The van der Waals surface area contributed by atoms with Gasteiger partial charge in [-0.1, -0.05) is 29.8 Å². The van der Waals surface area contributed by atoms with Gasteiger partial charge in [0.25, 0.3) is 0 Å². The number of hydrogen-bond acceptors (Lipinski definition) is 7. The minimum atomic E-state index is -4.66. The highest BCUT2D eigenvalue weighted by Gasteiger charge is 2.43. The van der Waals surface area contributed by atoms with Gasteiger partial charge < -0.3 is 16.2 Å². The lowest BCUT2D eigenvalue weighted by atomic mass is 9.77. The Morgan fingerprint density at radius 1 is 1.25 bits per heavy atom. The molecule has 1 aliphatic heterocycles. The number of aromatic nitrogens is 2. The maximum absolute atomic E-state index is 12.6. The number of alkyl halides is 3. The van der Waals surface area contributed by atoms with Crippen LogP contribution in [0.4, 0.5) is 30.8 Å². The largest absolute Gasteiger partial charge is 0.456 e. The first kappa shape index (κ1) is 19.9. The molecule has 2 unspecified atom stereocenters. The number of ether oxygens (including phenoxy) is 1. The molecule has 0 bridgehead atoms. The third-order valence-corrected chi connectivity index (χ3v) is 4.57. The van der Waals surface area contributed by atoms with Crippen molar-refractivity contribution in [1.82, 2.24) is 9.97 Å².